The number of hydrogen-bond donors (Lipinski definition) is 2. The molecule has 2 amide bonds. The molecule has 1 aliphatic rings. The van der Waals surface area contributed by atoms with Crippen LogP contribution < -0.4 is 20.1 Å². The van der Waals surface area contributed by atoms with E-state index in [9.17, 15) is 9.59 Å². The van der Waals surface area contributed by atoms with E-state index in [1.165, 1.54) is 18.9 Å². The molecule has 0 saturated carbocycles. The van der Waals surface area contributed by atoms with Gasteiger partial charge in [-0.3, -0.25) is 9.59 Å². The summed E-state index contributed by atoms with van der Waals surface area (Å²) in [6.45, 7) is 1.66. The van der Waals surface area contributed by atoms with Crippen LogP contribution in [0.5, 0.6) is 11.5 Å². The SMILES string of the molecule is COc1cc(/C=C2\SC(=Nc3ccc(Cl)cc3)NC2=O)cc(I)c1OCC(=O)Nc1ccc(C)c(Cl)c1. The van der Waals surface area contributed by atoms with E-state index in [0.29, 0.717) is 46.6 Å². The van der Waals surface area contributed by atoms with E-state index in [1.54, 1.807) is 48.5 Å². The number of halogens is 3. The van der Waals surface area contributed by atoms with Gasteiger partial charge in [0.2, 0.25) is 0 Å². The normalized spacial score (nSPS) is 15.1. The molecule has 3 aromatic carbocycles. The third-order valence-corrected chi connectivity index (χ3v) is 7.43. The van der Waals surface area contributed by atoms with Crippen LogP contribution in [0.15, 0.2) is 64.5 Å². The molecule has 3 aromatic rings. The Kier molecular flexibility index (Phi) is 9.01. The smallest absolute Gasteiger partial charge is 0.264 e. The molecule has 0 radical (unpaired) electrons. The number of nitrogens with zero attached hydrogens (tertiary/aromatic N) is 1. The standard InChI is InChI=1S/C26H20Cl2IN3O4S/c1-14-3-6-18(12-19(14)28)30-23(33)13-36-24-20(29)9-15(10-21(24)35-2)11-22-25(34)32-26(37-22)31-17-7-4-16(27)5-8-17/h3-12H,13H2,1-2H3,(H,30,33)(H,31,32,34)/b22-11-. The Hall–Kier alpha value is -2.73. The maximum Gasteiger partial charge on any atom is 0.264 e. The summed E-state index contributed by atoms with van der Waals surface area (Å²) in [6.07, 6.45) is 1.74. The lowest BCUT2D eigenvalue weighted by Crippen LogP contribution is -2.20. The number of carbonyl (C=O) groups is 2. The molecule has 1 saturated heterocycles. The zero-order valence-corrected chi connectivity index (χ0v) is 24.1. The summed E-state index contributed by atoms with van der Waals surface area (Å²) in [7, 11) is 1.51. The van der Waals surface area contributed by atoms with Crippen LogP contribution in [0.3, 0.4) is 0 Å². The van der Waals surface area contributed by atoms with Gasteiger partial charge in [-0.1, -0.05) is 29.3 Å². The third-order valence-electron chi connectivity index (χ3n) is 5.06. The van der Waals surface area contributed by atoms with Crippen LogP contribution in [0.25, 0.3) is 6.08 Å². The fourth-order valence-electron chi connectivity index (χ4n) is 3.23. The van der Waals surface area contributed by atoms with Crippen molar-refractivity contribution in [2.45, 2.75) is 6.92 Å². The first kappa shape index (κ1) is 27.3. The van der Waals surface area contributed by atoms with Gasteiger partial charge in [0.05, 0.1) is 21.3 Å². The van der Waals surface area contributed by atoms with Gasteiger partial charge in [0.15, 0.2) is 23.3 Å². The van der Waals surface area contributed by atoms with Gasteiger partial charge >= 0.3 is 0 Å². The predicted molar refractivity (Wildman–Crippen MR) is 158 cm³/mol. The molecule has 0 aliphatic carbocycles. The van der Waals surface area contributed by atoms with E-state index >= 15 is 0 Å². The number of hydrogen-bond acceptors (Lipinski definition) is 6. The van der Waals surface area contributed by atoms with E-state index in [0.717, 1.165) is 11.1 Å². The molecule has 2 N–H and O–H groups in total. The second-order valence-corrected chi connectivity index (χ2v) is 10.8. The van der Waals surface area contributed by atoms with Crippen molar-refractivity contribution < 1.29 is 19.1 Å². The number of carbonyl (C=O) groups excluding carboxylic acids is 2. The van der Waals surface area contributed by atoms with Crippen LogP contribution in [-0.4, -0.2) is 30.7 Å². The van der Waals surface area contributed by atoms with Gasteiger partial charge < -0.3 is 20.1 Å². The number of aryl methyl sites for hydroxylation is 1. The van der Waals surface area contributed by atoms with Crippen molar-refractivity contribution in [3.8, 4) is 11.5 Å². The number of methoxy groups -OCH3 is 1. The number of ether oxygens (including phenoxy) is 2. The van der Waals surface area contributed by atoms with Gasteiger partial charge in [-0.25, -0.2) is 4.99 Å². The lowest BCUT2D eigenvalue weighted by Gasteiger charge is -2.14. The summed E-state index contributed by atoms with van der Waals surface area (Å²) in [6, 6.07) is 15.9. The van der Waals surface area contributed by atoms with Gasteiger partial charge in [-0.2, -0.15) is 0 Å². The van der Waals surface area contributed by atoms with Crippen LogP contribution in [0.4, 0.5) is 11.4 Å². The second-order valence-electron chi connectivity index (χ2n) is 7.79. The molecule has 1 fully saturated rings. The van der Waals surface area contributed by atoms with Crippen LogP contribution in [-0.2, 0) is 9.59 Å². The Morgan fingerprint density at radius 2 is 1.92 bits per heavy atom. The molecular formula is C26H20Cl2IN3O4S. The number of amidine groups is 1. The fourth-order valence-corrected chi connectivity index (χ4v) is 5.16. The highest BCUT2D eigenvalue weighted by Gasteiger charge is 2.24. The number of rotatable bonds is 7. The lowest BCUT2D eigenvalue weighted by molar-refractivity contribution is -0.118. The molecule has 0 atom stereocenters. The number of amides is 2. The van der Waals surface area contributed by atoms with Crippen molar-refractivity contribution in [3.63, 3.8) is 0 Å². The number of nitrogens with one attached hydrogen (secondary N) is 2. The molecule has 11 heteroatoms. The Bertz CT molecular complexity index is 1430. The highest BCUT2D eigenvalue weighted by Crippen LogP contribution is 2.36. The van der Waals surface area contributed by atoms with E-state index in [1.807, 2.05) is 19.1 Å². The molecule has 0 bridgehead atoms. The maximum atomic E-state index is 12.5. The van der Waals surface area contributed by atoms with Crippen LogP contribution in [0, 0.1) is 10.5 Å². The molecular weight excluding hydrogens is 648 g/mol. The number of thioether (sulfide) groups is 1. The van der Waals surface area contributed by atoms with Crippen molar-refractivity contribution >= 4 is 92.0 Å². The Morgan fingerprint density at radius 3 is 2.62 bits per heavy atom. The molecule has 37 heavy (non-hydrogen) atoms. The lowest BCUT2D eigenvalue weighted by atomic mass is 10.2. The predicted octanol–water partition coefficient (Wildman–Crippen LogP) is 6.82. The molecule has 1 heterocycles. The van der Waals surface area contributed by atoms with E-state index in [4.69, 9.17) is 32.7 Å². The summed E-state index contributed by atoms with van der Waals surface area (Å²) in [5, 5.41) is 7.17. The minimum absolute atomic E-state index is 0.221. The van der Waals surface area contributed by atoms with Crippen molar-refractivity contribution in [2.75, 3.05) is 19.0 Å². The maximum absolute atomic E-state index is 12.5. The average Bonchev–Trinajstić information content (AvgIpc) is 3.20. The largest absolute Gasteiger partial charge is 0.493 e. The molecule has 0 spiro atoms. The Labute approximate surface area is 241 Å². The number of benzene rings is 3. The summed E-state index contributed by atoms with van der Waals surface area (Å²) >= 11 is 15.4. The van der Waals surface area contributed by atoms with E-state index in [2.05, 4.69) is 38.2 Å². The van der Waals surface area contributed by atoms with Crippen molar-refractivity contribution in [2.24, 2.45) is 4.99 Å². The van der Waals surface area contributed by atoms with Gasteiger partial charge in [0, 0.05) is 15.7 Å². The molecule has 0 unspecified atom stereocenters. The van der Waals surface area contributed by atoms with E-state index < -0.39 is 0 Å². The first-order chi connectivity index (χ1) is 17.7. The highest BCUT2D eigenvalue weighted by molar-refractivity contribution is 14.1. The first-order valence-electron chi connectivity index (χ1n) is 10.8. The Balaban J connectivity index is 1.45. The summed E-state index contributed by atoms with van der Waals surface area (Å²) < 4.78 is 12.0. The van der Waals surface area contributed by atoms with Gasteiger partial charge in [-0.15, -0.1) is 0 Å². The van der Waals surface area contributed by atoms with Gasteiger partial charge in [0.1, 0.15) is 0 Å². The molecule has 7 nitrogen and oxygen atoms in total. The molecule has 0 aromatic heterocycles. The van der Waals surface area contributed by atoms with Crippen LogP contribution in [0.1, 0.15) is 11.1 Å². The van der Waals surface area contributed by atoms with E-state index in [-0.39, 0.29) is 18.4 Å². The number of anilines is 1. The third kappa shape index (κ3) is 7.19. The van der Waals surface area contributed by atoms with Crippen molar-refractivity contribution in [3.05, 3.63) is 84.2 Å². The molecule has 1 aliphatic heterocycles. The molecule has 190 valence electrons. The Morgan fingerprint density at radius 1 is 1.16 bits per heavy atom. The fraction of sp³-hybridized carbons (Fsp3) is 0.115. The average molecular weight is 668 g/mol. The monoisotopic (exact) mass is 667 g/mol. The zero-order valence-electron chi connectivity index (χ0n) is 19.6. The summed E-state index contributed by atoms with van der Waals surface area (Å²) in [5.41, 5.74) is 2.92. The summed E-state index contributed by atoms with van der Waals surface area (Å²) in [4.78, 5) is 29.8. The van der Waals surface area contributed by atoms with Crippen molar-refractivity contribution in [1.29, 1.82) is 0 Å². The minimum atomic E-state index is -0.338. The second kappa shape index (κ2) is 12.2. The minimum Gasteiger partial charge on any atom is -0.493 e. The zero-order chi connectivity index (χ0) is 26.5. The van der Waals surface area contributed by atoms with Gasteiger partial charge in [0.25, 0.3) is 11.8 Å². The topological polar surface area (TPSA) is 89.0 Å². The highest BCUT2D eigenvalue weighted by atomic mass is 127. The van der Waals surface area contributed by atoms with Crippen molar-refractivity contribution in [1.82, 2.24) is 5.32 Å². The van der Waals surface area contributed by atoms with Crippen LogP contribution in [0.2, 0.25) is 10.0 Å². The number of aliphatic imine (C=N–C) groups is 1. The van der Waals surface area contributed by atoms with Gasteiger partial charge in [-0.05, 0) is 107 Å². The first-order valence-corrected chi connectivity index (χ1v) is 13.5. The quantitative estimate of drug-likeness (QED) is 0.213. The molecule has 4 rings (SSSR count). The van der Waals surface area contributed by atoms with Crippen LogP contribution >= 0.6 is 57.6 Å². The summed E-state index contributed by atoms with van der Waals surface area (Å²) in [5.74, 6) is 0.273.